The number of nitrogens with zero attached hydrogens (tertiary/aromatic N) is 1. The van der Waals surface area contributed by atoms with Crippen LogP contribution in [0.2, 0.25) is 0 Å². The van der Waals surface area contributed by atoms with Crippen LogP contribution in [-0.4, -0.2) is 37.7 Å². The zero-order chi connectivity index (χ0) is 23.0. The summed E-state index contributed by atoms with van der Waals surface area (Å²) in [6.07, 6.45) is 4.47. The summed E-state index contributed by atoms with van der Waals surface area (Å²) in [4.78, 5) is 27.0. The normalized spacial score (nSPS) is 14.1. The molecular formula is C21H41NO6S. The first kappa shape index (κ1) is 29.9. The van der Waals surface area contributed by atoms with Crippen molar-refractivity contribution in [2.45, 2.75) is 100 Å². The van der Waals surface area contributed by atoms with E-state index < -0.39 is 16.2 Å². The van der Waals surface area contributed by atoms with Crippen molar-refractivity contribution in [3.05, 3.63) is 0 Å². The Morgan fingerprint density at radius 1 is 0.931 bits per heavy atom. The third-order valence-electron chi connectivity index (χ3n) is 4.36. The Hall–Kier alpha value is -1.28. The number of Topliss-reactive ketones (excluding diaryl/α,β-unsaturated/α-hetero) is 1. The molecule has 0 spiro atoms. The van der Waals surface area contributed by atoms with Gasteiger partial charge in [0.15, 0.2) is 5.78 Å². The maximum atomic E-state index is 11.6. The van der Waals surface area contributed by atoms with Gasteiger partial charge in [0.2, 0.25) is 0 Å². The van der Waals surface area contributed by atoms with Gasteiger partial charge in [0.05, 0.1) is 17.4 Å². The molecule has 0 fully saturated rings. The summed E-state index contributed by atoms with van der Waals surface area (Å²) in [6, 6.07) is 0. The maximum Gasteiger partial charge on any atom is 0.338 e. The Bertz CT molecular complexity index is 596. The zero-order valence-corrected chi connectivity index (χ0v) is 20.3. The van der Waals surface area contributed by atoms with Gasteiger partial charge in [-0.25, -0.2) is 4.79 Å². The van der Waals surface area contributed by atoms with Crippen LogP contribution in [0.4, 0.5) is 0 Å². The van der Waals surface area contributed by atoms with Gasteiger partial charge in [-0.15, -0.1) is 0 Å². The van der Waals surface area contributed by atoms with Crippen LogP contribution in [0.3, 0.4) is 0 Å². The molecule has 172 valence electrons. The largest absolute Gasteiger partial charge is 0.338 e. The van der Waals surface area contributed by atoms with E-state index in [1.54, 1.807) is 13.8 Å². The Morgan fingerprint density at radius 2 is 1.48 bits per heavy atom. The number of hydrogen-bond acceptors (Lipinski definition) is 7. The zero-order valence-electron chi connectivity index (χ0n) is 19.5. The molecule has 0 saturated carbocycles. The highest BCUT2D eigenvalue weighted by Crippen LogP contribution is 2.15. The van der Waals surface area contributed by atoms with Gasteiger partial charge in [-0.1, -0.05) is 52.1 Å². The smallest absolute Gasteiger partial charge is 0.318 e. The molecule has 0 amide bonds. The van der Waals surface area contributed by atoms with Crippen LogP contribution in [0.15, 0.2) is 5.16 Å². The maximum absolute atomic E-state index is 11.6. The lowest BCUT2D eigenvalue weighted by molar-refractivity contribution is -0.149. The average Bonchev–Trinajstić information content (AvgIpc) is 2.63. The number of oxime groups is 1. The summed E-state index contributed by atoms with van der Waals surface area (Å²) in [7, 11) is -3.58. The van der Waals surface area contributed by atoms with E-state index in [-0.39, 0.29) is 29.3 Å². The van der Waals surface area contributed by atoms with Crippen molar-refractivity contribution in [1.82, 2.24) is 0 Å². The second-order valence-electron chi connectivity index (χ2n) is 7.48. The van der Waals surface area contributed by atoms with Crippen molar-refractivity contribution < 1.29 is 27.0 Å². The lowest BCUT2D eigenvalue weighted by Gasteiger charge is -2.15. The van der Waals surface area contributed by atoms with Crippen LogP contribution in [0.25, 0.3) is 0 Å². The molecule has 0 aromatic heterocycles. The van der Waals surface area contributed by atoms with Crippen LogP contribution >= 0.6 is 0 Å². The molecule has 0 aliphatic rings. The quantitative estimate of drug-likeness (QED) is 0.177. The number of carbonyl (C=O) groups is 2. The van der Waals surface area contributed by atoms with Crippen molar-refractivity contribution in [2.75, 3.05) is 5.75 Å². The van der Waals surface area contributed by atoms with Crippen molar-refractivity contribution in [3.8, 4) is 0 Å². The Labute approximate surface area is 177 Å². The molecule has 0 rings (SSSR count). The molecule has 7 nitrogen and oxygen atoms in total. The number of carbonyl (C=O) groups excluding carboxylic acids is 2. The molecule has 3 atom stereocenters. The highest BCUT2D eigenvalue weighted by Gasteiger charge is 2.22. The monoisotopic (exact) mass is 435 g/mol. The lowest BCUT2D eigenvalue weighted by Crippen LogP contribution is -2.26. The van der Waals surface area contributed by atoms with Crippen molar-refractivity contribution in [2.24, 2.45) is 17.0 Å². The molecular weight excluding hydrogens is 394 g/mol. The molecule has 0 aromatic rings. The van der Waals surface area contributed by atoms with E-state index in [1.165, 1.54) is 13.8 Å². The molecule has 0 aliphatic carbocycles. The van der Waals surface area contributed by atoms with Crippen LogP contribution in [0.1, 0.15) is 93.9 Å². The van der Waals surface area contributed by atoms with Crippen LogP contribution in [-0.2, 0) is 28.7 Å². The van der Waals surface area contributed by atoms with Crippen molar-refractivity contribution in [3.63, 3.8) is 0 Å². The predicted molar refractivity (Wildman–Crippen MR) is 117 cm³/mol. The predicted octanol–water partition coefficient (Wildman–Crippen LogP) is 4.89. The number of ketones is 1. The SMILES string of the molecule is CCCC(CC)C(=O)ON=C(C)C.CCCC(CC)CS(=O)(=O)OC(C)C(C)=O. The fourth-order valence-electron chi connectivity index (χ4n) is 2.48. The van der Waals surface area contributed by atoms with Gasteiger partial charge in [0, 0.05) is 0 Å². The topological polar surface area (TPSA) is 99.1 Å². The van der Waals surface area contributed by atoms with Crippen LogP contribution < -0.4 is 0 Å². The highest BCUT2D eigenvalue weighted by atomic mass is 32.2. The molecule has 0 radical (unpaired) electrons. The molecule has 8 heteroatoms. The Morgan fingerprint density at radius 3 is 1.86 bits per heavy atom. The summed E-state index contributed by atoms with van der Waals surface area (Å²) < 4.78 is 28.0. The van der Waals surface area contributed by atoms with E-state index in [0.29, 0.717) is 0 Å². The van der Waals surface area contributed by atoms with Gasteiger partial charge in [-0.2, -0.15) is 8.42 Å². The van der Waals surface area contributed by atoms with E-state index in [2.05, 4.69) is 12.1 Å². The van der Waals surface area contributed by atoms with Crippen molar-refractivity contribution >= 4 is 27.6 Å². The van der Waals surface area contributed by atoms with E-state index in [0.717, 1.165) is 44.2 Å². The summed E-state index contributed by atoms with van der Waals surface area (Å²) in [5.74, 6) is -0.338. The third kappa shape index (κ3) is 16.2. The molecule has 0 aliphatic heterocycles. The molecule has 0 aromatic carbocycles. The molecule has 0 N–H and O–H groups in total. The molecule has 0 heterocycles. The van der Waals surface area contributed by atoms with E-state index in [9.17, 15) is 18.0 Å². The molecule has 3 unspecified atom stereocenters. The summed E-state index contributed by atoms with van der Waals surface area (Å²) in [5, 5.41) is 3.64. The molecule has 0 saturated heterocycles. The van der Waals surface area contributed by atoms with Gasteiger partial charge < -0.3 is 4.84 Å². The first-order chi connectivity index (χ1) is 13.4. The minimum absolute atomic E-state index is 0.00750. The van der Waals surface area contributed by atoms with Crippen LogP contribution in [0.5, 0.6) is 0 Å². The van der Waals surface area contributed by atoms with E-state index >= 15 is 0 Å². The summed E-state index contributed by atoms with van der Waals surface area (Å²) in [5.41, 5.74) is 0.764. The standard InChI is InChI=1S/C11H22O4S.C10H19NO2/c1-5-7-11(6-2)8-16(13,14)15-10(4)9(3)12;1-5-7-9(6-2)10(12)13-11-8(3)4/h10-11H,5-8H2,1-4H3;9H,5-7H2,1-4H3. The second-order valence-corrected chi connectivity index (χ2v) is 9.12. The molecule has 0 bridgehead atoms. The van der Waals surface area contributed by atoms with Gasteiger partial charge >= 0.3 is 5.97 Å². The van der Waals surface area contributed by atoms with E-state index in [1.807, 2.05) is 20.8 Å². The van der Waals surface area contributed by atoms with Crippen molar-refractivity contribution in [1.29, 1.82) is 0 Å². The fourth-order valence-corrected chi connectivity index (χ4v) is 4.11. The highest BCUT2D eigenvalue weighted by molar-refractivity contribution is 7.86. The minimum atomic E-state index is -3.58. The van der Waals surface area contributed by atoms with Gasteiger partial charge in [-0.3, -0.25) is 8.98 Å². The average molecular weight is 436 g/mol. The number of rotatable bonds is 13. The van der Waals surface area contributed by atoms with E-state index in [4.69, 9.17) is 9.02 Å². The summed E-state index contributed by atoms with van der Waals surface area (Å²) in [6.45, 7) is 14.4. The lowest BCUT2D eigenvalue weighted by atomic mass is 10.0. The fraction of sp³-hybridized carbons (Fsp3) is 0.857. The first-order valence-corrected chi connectivity index (χ1v) is 12.1. The third-order valence-corrected chi connectivity index (χ3v) is 5.82. The number of hydrogen-bond donors (Lipinski definition) is 0. The Balaban J connectivity index is 0. The second kappa shape index (κ2) is 16.5. The van der Waals surface area contributed by atoms with Gasteiger partial charge in [0.1, 0.15) is 6.10 Å². The minimum Gasteiger partial charge on any atom is -0.318 e. The first-order valence-electron chi connectivity index (χ1n) is 10.6. The summed E-state index contributed by atoms with van der Waals surface area (Å²) >= 11 is 0. The Kier molecular flexibility index (Phi) is 17.0. The van der Waals surface area contributed by atoms with Gasteiger partial charge in [-0.05, 0) is 52.9 Å². The van der Waals surface area contributed by atoms with Gasteiger partial charge in [0.25, 0.3) is 10.1 Å². The molecule has 29 heavy (non-hydrogen) atoms. The van der Waals surface area contributed by atoms with Crippen LogP contribution in [0, 0.1) is 11.8 Å².